The van der Waals surface area contributed by atoms with E-state index in [0.29, 0.717) is 16.3 Å². The van der Waals surface area contributed by atoms with Gasteiger partial charge < -0.3 is 5.11 Å². The van der Waals surface area contributed by atoms with Crippen LogP contribution < -0.4 is 5.56 Å². The number of rotatable bonds is 2. The van der Waals surface area contributed by atoms with Crippen LogP contribution >= 0.6 is 11.6 Å². The number of hydrogen-bond acceptors (Lipinski definition) is 2. The van der Waals surface area contributed by atoms with Gasteiger partial charge in [-0.2, -0.15) is 0 Å². The van der Waals surface area contributed by atoms with E-state index < -0.39 is 11.5 Å². The summed E-state index contributed by atoms with van der Waals surface area (Å²) < 4.78 is 1.54. The normalized spacial score (nSPS) is 15.6. The Bertz CT molecular complexity index is 1040. The molecular weight excluding hydrogens is 326 g/mol. The minimum Gasteiger partial charge on any atom is -0.477 e. The number of carboxylic acids is 1. The zero-order valence-corrected chi connectivity index (χ0v) is 13.2. The molecule has 0 saturated carbocycles. The zero-order valence-electron chi connectivity index (χ0n) is 12.4. The second-order valence-electron chi connectivity index (χ2n) is 5.64. The number of nitrogens with zero attached hydrogens (tertiary/aromatic N) is 1. The first kappa shape index (κ1) is 14.7. The summed E-state index contributed by atoms with van der Waals surface area (Å²) >= 11 is 6.03. The largest absolute Gasteiger partial charge is 0.477 e. The van der Waals surface area contributed by atoms with Crippen LogP contribution in [0.2, 0.25) is 5.02 Å². The second kappa shape index (κ2) is 5.35. The van der Waals surface area contributed by atoms with Gasteiger partial charge >= 0.3 is 5.97 Å². The number of aromatic carboxylic acids is 1. The number of benzene rings is 1. The predicted octanol–water partition coefficient (Wildman–Crippen LogP) is 3.92. The minimum absolute atomic E-state index is 0.197. The van der Waals surface area contributed by atoms with Crippen molar-refractivity contribution in [2.45, 2.75) is 6.04 Å². The molecule has 2 aliphatic carbocycles. The van der Waals surface area contributed by atoms with Crippen molar-refractivity contribution in [3.8, 4) is 11.3 Å². The molecule has 5 heteroatoms. The van der Waals surface area contributed by atoms with E-state index in [2.05, 4.69) is 0 Å². The summed E-state index contributed by atoms with van der Waals surface area (Å²) in [5.74, 6) is -1.21. The maximum absolute atomic E-state index is 12.8. The monoisotopic (exact) mass is 337 g/mol. The summed E-state index contributed by atoms with van der Waals surface area (Å²) in [6.45, 7) is 0. The van der Waals surface area contributed by atoms with E-state index in [1.807, 2.05) is 24.3 Å². The van der Waals surface area contributed by atoms with Crippen molar-refractivity contribution in [1.82, 2.24) is 4.57 Å². The molecule has 0 amide bonds. The van der Waals surface area contributed by atoms with Crippen molar-refractivity contribution in [3.05, 3.63) is 86.7 Å². The van der Waals surface area contributed by atoms with E-state index in [-0.39, 0.29) is 11.6 Å². The van der Waals surface area contributed by atoms with Crippen molar-refractivity contribution in [3.63, 3.8) is 0 Å². The molecule has 1 atom stereocenters. The average Bonchev–Trinajstić information content (AvgIpc) is 2.95. The van der Waals surface area contributed by atoms with Crippen LogP contribution in [-0.2, 0) is 0 Å². The van der Waals surface area contributed by atoms with E-state index in [1.54, 1.807) is 36.4 Å². The van der Waals surface area contributed by atoms with Gasteiger partial charge in [-0.25, -0.2) is 4.79 Å². The molecule has 1 unspecified atom stereocenters. The number of allylic oxidation sites excluding steroid dienone is 1. The van der Waals surface area contributed by atoms with Crippen LogP contribution in [0.25, 0.3) is 17.3 Å². The third kappa shape index (κ3) is 2.07. The van der Waals surface area contributed by atoms with Crippen molar-refractivity contribution in [2.75, 3.05) is 0 Å². The Morgan fingerprint density at radius 1 is 1.12 bits per heavy atom. The maximum Gasteiger partial charge on any atom is 0.342 e. The van der Waals surface area contributed by atoms with Crippen molar-refractivity contribution < 1.29 is 9.90 Å². The molecule has 0 bridgehead atoms. The first-order valence-electron chi connectivity index (χ1n) is 7.42. The van der Waals surface area contributed by atoms with Crippen LogP contribution in [0.1, 0.15) is 27.5 Å². The summed E-state index contributed by atoms with van der Waals surface area (Å²) in [5.41, 5.74) is 2.20. The molecule has 1 aliphatic heterocycles. The smallest absolute Gasteiger partial charge is 0.342 e. The molecule has 0 radical (unpaired) electrons. The Morgan fingerprint density at radius 2 is 1.92 bits per heavy atom. The average molecular weight is 338 g/mol. The lowest BCUT2D eigenvalue weighted by Gasteiger charge is -2.15. The van der Waals surface area contributed by atoms with Gasteiger partial charge in [-0.15, -0.1) is 0 Å². The van der Waals surface area contributed by atoms with Crippen LogP contribution in [0.15, 0.2) is 59.4 Å². The number of hydrogen-bond donors (Lipinski definition) is 1. The van der Waals surface area contributed by atoms with Gasteiger partial charge in [-0.1, -0.05) is 54.1 Å². The van der Waals surface area contributed by atoms with Gasteiger partial charge in [-0.05, 0) is 29.3 Å². The SMILES string of the molecule is O=C(O)c1c2cccccc-2n(C2C=Cc3cc(Cl)ccc32)c1=O. The quantitative estimate of drug-likeness (QED) is 0.771. The molecular formula is C19H12ClNO3. The molecule has 0 spiro atoms. The molecule has 1 heterocycles. The van der Waals surface area contributed by atoms with E-state index in [1.165, 1.54) is 4.57 Å². The zero-order chi connectivity index (χ0) is 16.8. The molecule has 0 saturated heterocycles. The summed E-state index contributed by atoms with van der Waals surface area (Å²) in [6.07, 6.45) is 3.79. The highest BCUT2D eigenvalue weighted by Gasteiger charge is 2.30. The standard InChI is InChI=1S/C19H12ClNO3/c20-12-7-8-13-11(10-12)6-9-16(13)21-15-5-3-1-2-4-14(15)17(18(21)22)19(23)24/h1-10,16H,(H,23,24). The number of fused-ring (bicyclic) bond motifs is 2. The highest BCUT2D eigenvalue weighted by atomic mass is 35.5. The first-order valence-corrected chi connectivity index (χ1v) is 7.80. The summed E-state index contributed by atoms with van der Waals surface area (Å²) in [5, 5.41) is 10.1. The lowest BCUT2D eigenvalue weighted by atomic mass is 10.1. The van der Waals surface area contributed by atoms with Gasteiger partial charge in [0.2, 0.25) is 0 Å². The molecule has 1 aromatic carbocycles. The van der Waals surface area contributed by atoms with Crippen LogP contribution in [0.4, 0.5) is 0 Å². The Kier molecular flexibility index (Phi) is 3.28. The second-order valence-corrected chi connectivity index (χ2v) is 6.08. The lowest BCUT2D eigenvalue weighted by Crippen LogP contribution is -2.23. The summed E-state index contributed by atoms with van der Waals surface area (Å²) in [7, 11) is 0. The summed E-state index contributed by atoms with van der Waals surface area (Å²) in [4.78, 5) is 24.4. The van der Waals surface area contributed by atoms with Gasteiger partial charge in [0.25, 0.3) is 5.56 Å². The van der Waals surface area contributed by atoms with Crippen molar-refractivity contribution >= 4 is 23.6 Å². The fraction of sp³-hybridized carbons (Fsp3) is 0.0526. The molecule has 0 aromatic heterocycles. The molecule has 0 fully saturated rings. The van der Waals surface area contributed by atoms with E-state index in [0.717, 1.165) is 11.1 Å². The molecule has 118 valence electrons. The highest BCUT2D eigenvalue weighted by Crippen LogP contribution is 2.36. The lowest BCUT2D eigenvalue weighted by molar-refractivity contribution is 0.0696. The van der Waals surface area contributed by atoms with Gasteiger partial charge in [0.05, 0.1) is 11.7 Å². The Balaban J connectivity index is 2.01. The van der Waals surface area contributed by atoms with Gasteiger partial charge in [-0.3, -0.25) is 9.36 Å². The fourth-order valence-corrected chi connectivity index (χ4v) is 3.45. The van der Waals surface area contributed by atoms with Crippen LogP contribution in [-0.4, -0.2) is 15.6 Å². The van der Waals surface area contributed by atoms with Crippen LogP contribution in [0, 0.1) is 0 Å². The van der Waals surface area contributed by atoms with Crippen LogP contribution in [0.5, 0.6) is 0 Å². The fourth-order valence-electron chi connectivity index (χ4n) is 3.27. The molecule has 1 aromatic rings. The van der Waals surface area contributed by atoms with Gasteiger partial charge in [0.15, 0.2) is 0 Å². The number of aromatic nitrogens is 1. The van der Waals surface area contributed by atoms with Crippen molar-refractivity contribution in [2.24, 2.45) is 0 Å². The third-order valence-corrected chi connectivity index (χ3v) is 4.53. The van der Waals surface area contributed by atoms with E-state index in [9.17, 15) is 14.7 Å². The third-order valence-electron chi connectivity index (χ3n) is 4.29. The topological polar surface area (TPSA) is 59.3 Å². The number of carboxylic acid groups (broad SMARTS) is 1. The van der Waals surface area contributed by atoms with Gasteiger partial charge in [0.1, 0.15) is 5.56 Å². The number of halogens is 1. The Labute approximate surface area is 142 Å². The molecule has 4 nitrogen and oxygen atoms in total. The predicted molar refractivity (Wildman–Crippen MR) is 92.9 cm³/mol. The first-order chi connectivity index (χ1) is 11.6. The molecule has 24 heavy (non-hydrogen) atoms. The highest BCUT2D eigenvalue weighted by molar-refractivity contribution is 6.30. The van der Waals surface area contributed by atoms with E-state index >= 15 is 0 Å². The maximum atomic E-state index is 12.8. The Morgan fingerprint density at radius 3 is 2.71 bits per heavy atom. The minimum atomic E-state index is -1.21. The molecule has 1 N–H and O–H groups in total. The molecule has 3 aliphatic rings. The summed E-state index contributed by atoms with van der Waals surface area (Å²) in [6, 6.07) is 13.9. The van der Waals surface area contributed by atoms with Crippen LogP contribution in [0.3, 0.4) is 0 Å². The molecule has 4 rings (SSSR count). The number of carbonyl (C=O) groups is 1. The van der Waals surface area contributed by atoms with Crippen molar-refractivity contribution in [1.29, 1.82) is 0 Å². The Hall–Kier alpha value is -2.85. The van der Waals surface area contributed by atoms with Gasteiger partial charge in [0, 0.05) is 10.6 Å². The van der Waals surface area contributed by atoms with E-state index in [4.69, 9.17) is 11.6 Å².